The second-order valence-corrected chi connectivity index (χ2v) is 2.25. The third-order valence-corrected chi connectivity index (χ3v) is 1.08. The summed E-state index contributed by atoms with van der Waals surface area (Å²) in [7, 11) is 0. The molecule has 0 aliphatic heterocycles. The lowest BCUT2D eigenvalue weighted by Crippen LogP contribution is -2.15. The Hall–Kier alpha value is -0.120. The van der Waals surface area contributed by atoms with Crippen LogP contribution in [0.2, 0.25) is 0 Å². The van der Waals surface area contributed by atoms with Crippen LogP contribution in [0.5, 0.6) is 0 Å². The maximum Gasteiger partial charge on any atom is 0.0586 e. The van der Waals surface area contributed by atoms with Gasteiger partial charge in [0.15, 0.2) is 0 Å². The van der Waals surface area contributed by atoms with Crippen LogP contribution in [0.15, 0.2) is 0 Å². The molecule has 0 radical (unpaired) electrons. The van der Waals surface area contributed by atoms with Crippen LogP contribution in [-0.2, 0) is 0 Å². The van der Waals surface area contributed by atoms with Crippen molar-refractivity contribution in [2.45, 2.75) is 32.0 Å². The molecule has 3 N–H and O–H groups in total. The number of hydrogen-bond donors (Lipinski definition) is 3. The number of aliphatic hydroxyl groups excluding tert-OH is 3. The Labute approximate surface area is 54.9 Å². The van der Waals surface area contributed by atoms with Gasteiger partial charge in [-0.2, -0.15) is 0 Å². The van der Waals surface area contributed by atoms with Gasteiger partial charge in [-0.25, -0.2) is 0 Å². The second-order valence-electron chi connectivity index (χ2n) is 2.25. The molecule has 0 heterocycles. The zero-order valence-corrected chi connectivity index (χ0v) is 5.62. The highest BCUT2D eigenvalue weighted by atomic mass is 16.3. The van der Waals surface area contributed by atoms with E-state index < -0.39 is 12.2 Å². The van der Waals surface area contributed by atoms with Crippen molar-refractivity contribution < 1.29 is 15.3 Å². The molecule has 0 bridgehead atoms. The lowest BCUT2D eigenvalue weighted by molar-refractivity contribution is 0.0722. The molecule has 0 spiro atoms. The second kappa shape index (κ2) is 4.73. The van der Waals surface area contributed by atoms with E-state index in [0.29, 0.717) is 12.8 Å². The van der Waals surface area contributed by atoms with E-state index >= 15 is 0 Å². The topological polar surface area (TPSA) is 60.7 Å². The number of rotatable bonds is 4. The van der Waals surface area contributed by atoms with E-state index in [9.17, 15) is 0 Å². The molecule has 9 heavy (non-hydrogen) atoms. The minimum absolute atomic E-state index is 0.0200. The normalized spacial score (nSPS) is 17.3. The first-order valence-electron chi connectivity index (χ1n) is 3.13. The molecule has 2 atom stereocenters. The van der Waals surface area contributed by atoms with Gasteiger partial charge in [0.05, 0.1) is 12.2 Å². The van der Waals surface area contributed by atoms with Crippen molar-refractivity contribution in [3.8, 4) is 0 Å². The van der Waals surface area contributed by atoms with Gasteiger partial charge in [0.2, 0.25) is 0 Å². The summed E-state index contributed by atoms with van der Waals surface area (Å²) in [4.78, 5) is 0. The van der Waals surface area contributed by atoms with Gasteiger partial charge in [0, 0.05) is 6.61 Å². The van der Waals surface area contributed by atoms with E-state index in [1.165, 1.54) is 0 Å². The Kier molecular flexibility index (Phi) is 4.67. The average Bonchev–Trinajstić information content (AvgIpc) is 1.63. The van der Waals surface area contributed by atoms with Gasteiger partial charge >= 0.3 is 0 Å². The highest BCUT2D eigenvalue weighted by Gasteiger charge is 2.05. The third kappa shape index (κ3) is 5.76. The van der Waals surface area contributed by atoms with Crippen molar-refractivity contribution in [2.24, 2.45) is 0 Å². The summed E-state index contributed by atoms with van der Waals surface area (Å²) in [5, 5.41) is 25.9. The van der Waals surface area contributed by atoms with Crippen molar-refractivity contribution >= 4 is 0 Å². The summed E-state index contributed by atoms with van der Waals surface area (Å²) >= 11 is 0. The smallest absolute Gasteiger partial charge is 0.0586 e. The molecular weight excluding hydrogens is 120 g/mol. The van der Waals surface area contributed by atoms with Crippen LogP contribution in [0.25, 0.3) is 0 Å². The van der Waals surface area contributed by atoms with Crippen molar-refractivity contribution in [3.63, 3.8) is 0 Å². The zero-order valence-electron chi connectivity index (χ0n) is 5.62. The van der Waals surface area contributed by atoms with Gasteiger partial charge < -0.3 is 15.3 Å². The van der Waals surface area contributed by atoms with Crippen LogP contribution < -0.4 is 0 Å². The van der Waals surface area contributed by atoms with E-state index in [-0.39, 0.29) is 6.61 Å². The van der Waals surface area contributed by atoms with Crippen LogP contribution in [0.1, 0.15) is 19.8 Å². The number of aliphatic hydroxyl groups is 3. The van der Waals surface area contributed by atoms with E-state index in [1.54, 1.807) is 6.92 Å². The predicted octanol–water partition coefficient (Wildman–Crippen LogP) is -0.499. The predicted molar refractivity (Wildman–Crippen MR) is 34.0 cm³/mol. The van der Waals surface area contributed by atoms with E-state index in [2.05, 4.69) is 0 Å². The van der Waals surface area contributed by atoms with Gasteiger partial charge in [-0.3, -0.25) is 0 Å². The quantitative estimate of drug-likeness (QED) is 0.486. The van der Waals surface area contributed by atoms with Gasteiger partial charge in [0.25, 0.3) is 0 Å². The first kappa shape index (κ1) is 8.88. The molecule has 56 valence electrons. The lowest BCUT2D eigenvalue weighted by Gasteiger charge is -2.09. The molecule has 0 aromatic carbocycles. The summed E-state index contributed by atoms with van der Waals surface area (Å²) in [6.45, 7) is 1.59. The molecule has 0 aromatic heterocycles. The van der Waals surface area contributed by atoms with E-state index in [0.717, 1.165) is 0 Å². The third-order valence-electron chi connectivity index (χ3n) is 1.08. The number of hydrogen-bond acceptors (Lipinski definition) is 3. The standard InChI is InChI=1S/C6H14O3/c1-5(8)4-6(9)2-3-7/h5-9H,2-4H2,1H3/t5-,6+/m0/s1. The van der Waals surface area contributed by atoms with Gasteiger partial charge in [-0.05, 0) is 19.8 Å². The van der Waals surface area contributed by atoms with Crippen molar-refractivity contribution in [2.75, 3.05) is 6.61 Å². The fourth-order valence-electron chi connectivity index (χ4n) is 0.661. The Morgan fingerprint density at radius 1 is 1.33 bits per heavy atom. The molecule has 0 aliphatic carbocycles. The first-order chi connectivity index (χ1) is 4.16. The molecule has 0 aromatic rings. The lowest BCUT2D eigenvalue weighted by atomic mass is 10.1. The van der Waals surface area contributed by atoms with Gasteiger partial charge in [-0.1, -0.05) is 0 Å². The molecule has 0 unspecified atom stereocenters. The summed E-state index contributed by atoms with van der Waals surface area (Å²) in [5.74, 6) is 0. The highest BCUT2D eigenvalue weighted by Crippen LogP contribution is 2.00. The van der Waals surface area contributed by atoms with Crippen LogP contribution in [0.4, 0.5) is 0 Å². The maximum atomic E-state index is 8.90. The van der Waals surface area contributed by atoms with E-state index in [4.69, 9.17) is 15.3 Å². The Morgan fingerprint density at radius 2 is 1.89 bits per heavy atom. The molecule has 0 aliphatic rings. The molecule has 0 amide bonds. The molecule has 0 saturated heterocycles. The SMILES string of the molecule is C[C@H](O)C[C@H](O)CCO. The molecule has 0 rings (SSSR count). The summed E-state index contributed by atoms with van der Waals surface area (Å²) in [6.07, 6.45) is -0.340. The fraction of sp³-hybridized carbons (Fsp3) is 1.00. The minimum Gasteiger partial charge on any atom is -0.396 e. The molecule has 3 nitrogen and oxygen atoms in total. The zero-order chi connectivity index (χ0) is 7.28. The monoisotopic (exact) mass is 134 g/mol. The largest absolute Gasteiger partial charge is 0.396 e. The average molecular weight is 134 g/mol. The van der Waals surface area contributed by atoms with Gasteiger partial charge in [0.1, 0.15) is 0 Å². The van der Waals surface area contributed by atoms with Gasteiger partial charge in [-0.15, -0.1) is 0 Å². The van der Waals surface area contributed by atoms with Crippen molar-refractivity contribution in [1.82, 2.24) is 0 Å². The summed E-state index contributed by atoms with van der Waals surface area (Å²) in [6, 6.07) is 0. The molecular formula is C6H14O3. The highest BCUT2D eigenvalue weighted by molar-refractivity contribution is 4.57. The van der Waals surface area contributed by atoms with E-state index in [1.807, 2.05) is 0 Å². The summed E-state index contributed by atoms with van der Waals surface area (Å²) < 4.78 is 0. The first-order valence-corrected chi connectivity index (χ1v) is 3.13. The van der Waals surface area contributed by atoms with Crippen LogP contribution in [0, 0.1) is 0 Å². The summed E-state index contributed by atoms with van der Waals surface area (Å²) in [5.41, 5.74) is 0. The molecule has 3 heteroatoms. The minimum atomic E-state index is -0.560. The Morgan fingerprint density at radius 3 is 2.22 bits per heavy atom. The van der Waals surface area contributed by atoms with Crippen LogP contribution >= 0.6 is 0 Å². The Balaban J connectivity index is 3.15. The fourth-order valence-corrected chi connectivity index (χ4v) is 0.661. The van der Waals surface area contributed by atoms with Crippen LogP contribution in [0.3, 0.4) is 0 Å². The van der Waals surface area contributed by atoms with Crippen LogP contribution in [-0.4, -0.2) is 34.1 Å². The van der Waals surface area contributed by atoms with Crippen molar-refractivity contribution in [1.29, 1.82) is 0 Å². The molecule has 0 saturated carbocycles. The Bertz CT molecular complexity index is 63.3. The van der Waals surface area contributed by atoms with Crippen molar-refractivity contribution in [3.05, 3.63) is 0 Å². The maximum absolute atomic E-state index is 8.90. The molecule has 0 fully saturated rings.